The van der Waals surface area contributed by atoms with Gasteiger partial charge in [-0.1, -0.05) is 30.3 Å². The Bertz CT molecular complexity index is 533. The summed E-state index contributed by atoms with van der Waals surface area (Å²) >= 11 is 0. The smallest absolute Gasteiger partial charge is 0.225 e. The van der Waals surface area contributed by atoms with Gasteiger partial charge in [0.1, 0.15) is 5.88 Å². The Labute approximate surface area is 119 Å². The van der Waals surface area contributed by atoms with Crippen LogP contribution in [0.25, 0.3) is 0 Å². The van der Waals surface area contributed by atoms with Gasteiger partial charge in [0.15, 0.2) is 9.84 Å². The second kappa shape index (κ2) is 6.36. The van der Waals surface area contributed by atoms with E-state index in [0.717, 1.165) is 5.56 Å². The van der Waals surface area contributed by atoms with Crippen LogP contribution < -0.4 is 5.73 Å². The zero-order valence-corrected chi connectivity index (χ0v) is 12.0. The van der Waals surface area contributed by atoms with Gasteiger partial charge in [-0.15, -0.1) is 12.4 Å². The van der Waals surface area contributed by atoms with E-state index in [4.69, 9.17) is 5.73 Å². The molecule has 2 rings (SSSR count). The molecule has 1 atom stereocenters. The van der Waals surface area contributed by atoms with Gasteiger partial charge in [-0.3, -0.25) is 4.79 Å². The van der Waals surface area contributed by atoms with Gasteiger partial charge < -0.3 is 10.6 Å². The van der Waals surface area contributed by atoms with E-state index < -0.39 is 9.84 Å². The molecule has 0 spiro atoms. The Hall–Kier alpha value is -1.11. The third-order valence-corrected chi connectivity index (χ3v) is 4.51. The van der Waals surface area contributed by atoms with Gasteiger partial charge in [-0.25, -0.2) is 8.42 Å². The van der Waals surface area contributed by atoms with Crippen LogP contribution in [0.3, 0.4) is 0 Å². The van der Waals surface area contributed by atoms with Crippen LogP contribution >= 0.6 is 12.4 Å². The van der Waals surface area contributed by atoms with Gasteiger partial charge in [0, 0.05) is 19.0 Å². The van der Waals surface area contributed by atoms with Crippen LogP contribution in [0.2, 0.25) is 0 Å². The number of carbonyl (C=O) groups excluding carboxylic acids is 1. The largest absolute Gasteiger partial charge is 0.327 e. The number of sulfone groups is 1. The summed E-state index contributed by atoms with van der Waals surface area (Å²) in [7, 11) is -3.08. The van der Waals surface area contributed by atoms with E-state index in [2.05, 4.69) is 0 Å². The van der Waals surface area contributed by atoms with E-state index in [1.807, 2.05) is 30.3 Å². The van der Waals surface area contributed by atoms with Crippen molar-refractivity contribution in [3.05, 3.63) is 35.9 Å². The lowest BCUT2D eigenvalue weighted by Crippen LogP contribution is -2.31. The van der Waals surface area contributed by atoms with Crippen LogP contribution in [0.5, 0.6) is 0 Å². The molecule has 1 fully saturated rings. The van der Waals surface area contributed by atoms with Gasteiger partial charge in [-0.2, -0.15) is 0 Å². The molecule has 1 amide bonds. The van der Waals surface area contributed by atoms with Crippen molar-refractivity contribution in [1.82, 2.24) is 4.90 Å². The van der Waals surface area contributed by atoms with Gasteiger partial charge in [0.2, 0.25) is 5.91 Å². The third-order valence-electron chi connectivity index (χ3n) is 3.00. The van der Waals surface area contributed by atoms with Crippen LogP contribution in [0, 0.1) is 0 Å². The normalized spacial score (nSPS) is 18.7. The number of rotatable bonds is 3. The molecular weight excluding hydrogens is 288 g/mol. The molecule has 0 bridgehead atoms. The standard InChI is InChI=1S/C12H16N2O3S.ClH/c13-11(10-4-2-1-3-5-10)8-12(15)14-6-7-18(16,17)9-14;/h1-5,11H,6-9,13H2;1H. The van der Waals surface area contributed by atoms with Crippen LogP contribution in [0.1, 0.15) is 18.0 Å². The number of hydrogen-bond acceptors (Lipinski definition) is 4. The van der Waals surface area contributed by atoms with Crippen molar-refractivity contribution in [2.24, 2.45) is 5.73 Å². The Morgan fingerprint density at radius 1 is 1.32 bits per heavy atom. The van der Waals surface area contributed by atoms with Crippen LogP contribution in [0.4, 0.5) is 0 Å². The molecule has 0 aromatic heterocycles. The minimum absolute atomic E-state index is 0. The average molecular weight is 305 g/mol. The van der Waals surface area contributed by atoms with Crippen molar-refractivity contribution >= 4 is 28.2 Å². The van der Waals surface area contributed by atoms with Crippen molar-refractivity contribution in [1.29, 1.82) is 0 Å². The lowest BCUT2D eigenvalue weighted by molar-refractivity contribution is -0.130. The molecule has 106 valence electrons. The molecular formula is C12H17ClN2O3S. The van der Waals surface area contributed by atoms with E-state index in [-0.39, 0.29) is 49.0 Å². The lowest BCUT2D eigenvalue weighted by atomic mass is 10.0. The maximum Gasteiger partial charge on any atom is 0.225 e. The summed E-state index contributed by atoms with van der Waals surface area (Å²) in [6, 6.07) is 8.93. The molecule has 2 N–H and O–H groups in total. The molecule has 0 radical (unpaired) electrons. The number of carbonyl (C=O) groups is 1. The summed E-state index contributed by atoms with van der Waals surface area (Å²) in [6.45, 7) is 0.280. The number of hydrogen-bond donors (Lipinski definition) is 1. The topological polar surface area (TPSA) is 80.5 Å². The molecule has 1 saturated heterocycles. The molecule has 0 aliphatic carbocycles. The highest BCUT2D eigenvalue weighted by Gasteiger charge is 2.29. The van der Waals surface area contributed by atoms with Gasteiger partial charge in [0.05, 0.1) is 5.75 Å². The first-order valence-electron chi connectivity index (χ1n) is 5.77. The minimum Gasteiger partial charge on any atom is -0.327 e. The van der Waals surface area contributed by atoms with Crippen molar-refractivity contribution < 1.29 is 13.2 Å². The van der Waals surface area contributed by atoms with E-state index in [9.17, 15) is 13.2 Å². The Kier molecular flexibility index (Phi) is 5.34. The molecule has 1 aromatic rings. The minimum atomic E-state index is -3.08. The van der Waals surface area contributed by atoms with Crippen molar-refractivity contribution in [2.75, 3.05) is 18.2 Å². The van der Waals surface area contributed by atoms with Gasteiger partial charge in [0.25, 0.3) is 0 Å². The molecule has 1 heterocycles. The Balaban J connectivity index is 0.00000180. The van der Waals surface area contributed by atoms with E-state index in [0.29, 0.717) is 0 Å². The molecule has 1 aliphatic heterocycles. The SMILES string of the molecule is Cl.NC(CC(=O)N1CCS(=O)(=O)C1)c1ccccc1. The monoisotopic (exact) mass is 304 g/mol. The highest BCUT2D eigenvalue weighted by Crippen LogP contribution is 2.17. The maximum atomic E-state index is 11.9. The second-order valence-corrected chi connectivity index (χ2v) is 6.61. The zero-order valence-electron chi connectivity index (χ0n) is 10.4. The number of halogens is 1. The summed E-state index contributed by atoms with van der Waals surface area (Å²) < 4.78 is 22.6. The first-order chi connectivity index (χ1) is 8.48. The Morgan fingerprint density at radius 2 is 1.95 bits per heavy atom. The van der Waals surface area contributed by atoms with Crippen LogP contribution in [-0.2, 0) is 14.6 Å². The fraction of sp³-hybridized carbons (Fsp3) is 0.417. The third kappa shape index (κ3) is 4.19. The number of nitrogens with zero attached hydrogens (tertiary/aromatic N) is 1. The lowest BCUT2D eigenvalue weighted by Gasteiger charge is -2.17. The van der Waals surface area contributed by atoms with Crippen molar-refractivity contribution in [3.63, 3.8) is 0 Å². The first kappa shape index (κ1) is 15.9. The molecule has 0 saturated carbocycles. The molecule has 1 aliphatic rings. The highest BCUT2D eigenvalue weighted by molar-refractivity contribution is 7.91. The van der Waals surface area contributed by atoms with E-state index in [1.165, 1.54) is 4.90 Å². The maximum absolute atomic E-state index is 11.9. The second-order valence-electron chi connectivity index (χ2n) is 4.46. The number of amides is 1. The summed E-state index contributed by atoms with van der Waals surface area (Å²) in [5.41, 5.74) is 6.82. The summed E-state index contributed by atoms with van der Waals surface area (Å²) in [4.78, 5) is 13.3. The van der Waals surface area contributed by atoms with Crippen molar-refractivity contribution in [2.45, 2.75) is 12.5 Å². The molecule has 5 nitrogen and oxygen atoms in total. The highest BCUT2D eigenvalue weighted by atomic mass is 35.5. The first-order valence-corrected chi connectivity index (χ1v) is 7.59. The van der Waals surface area contributed by atoms with E-state index >= 15 is 0 Å². The fourth-order valence-corrected chi connectivity index (χ4v) is 3.32. The molecule has 1 unspecified atom stereocenters. The Morgan fingerprint density at radius 3 is 2.47 bits per heavy atom. The fourth-order valence-electron chi connectivity index (χ4n) is 1.95. The summed E-state index contributed by atoms with van der Waals surface area (Å²) in [5.74, 6) is -0.320. The van der Waals surface area contributed by atoms with E-state index in [1.54, 1.807) is 0 Å². The van der Waals surface area contributed by atoms with Gasteiger partial charge in [-0.05, 0) is 5.56 Å². The van der Waals surface area contributed by atoms with Crippen LogP contribution in [0.15, 0.2) is 30.3 Å². The number of nitrogens with two attached hydrogens (primary N) is 1. The molecule has 19 heavy (non-hydrogen) atoms. The summed E-state index contributed by atoms with van der Waals surface area (Å²) in [5, 5.41) is 0. The molecule has 7 heteroatoms. The van der Waals surface area contributed by atoms with Crippen molar-refractivity contribution in [3.8, 4) is 0 Å². The van der Waals surface area contributed by atoms with Crippen LogP contribution in [-0.4, -0.2) is 37.4 Å². The van der Waals surface area contributed by atoms with Gasteiger partial charge >= 0.3 is 0 Å². The average Bonchev–Trinajstić information content (AvgIpc) is 2.71. The zero-order chi connectivity index (χ0) is 13.2. The predicted octanol–water partition coefficient (Wildman–Crippen LogP) is 0.713. The molecule has 1 aromatic carbocycles. The quantitative estimate of drug-likeness (QED) is 0.892. The summed E-state index contributed by atoms with van der Waals surface area (Å²) in [6.07, 6.45) is 0.138. The predicted molar refractivity (Wildman–Crippen MR) is 75.6 cm³/mol. The number of benzene rings is 1.